The van der Waals surface area contributed by atoms with Crippen LogP contribution in [0.4, 0.5) is 0 Å². The molecule has 1 aliphatic heterocycles. The molecule has 0 unspecified atom stereocenters. The molecule has 5 heterocycles. The lowest BCUT2D eigenvalue weighted by molar-refractivity contribution is 0.329. The minimum absolute atomic E-state index is 0.755. The Morgan fingerprint density at radius 3 is 2.92 bits per heavy atom. The van der Waals surface area contributed by atoms with E-state index in [9.17, 15) is 0 Å². The summed E-state index contributed by atoms with van der Waals surface area (Å²) >= 11 is 1.62. The van der Waals surface area contributed by atoms with E-state index in [-0.39, 0.29) is 0 Å². The Morgan fingerprint density at radius 2 is 2.04 bits per heavy atom. The van der Waals surface area contributed by atoms with Gasteiger partial charge < -0.3 is 0 Å². The fourth-order valence-corrected chi connectivity index (χ4v) is 4.26. The van der Waals surface area contributed by atoms with Crippen molar-refractivity contribution in [1.82, 2.24) is 34.1 Å². The first-order valence-electron chi connectivity index (χ1n) is 8.17. The fraction of sp³-hybridized carbons (Fsp3) is 0.375. The summed E-state index contributed by atoms with van der Waals surface area (Å²) in [5.41, 5.74) is 2.80. The lowest BCUT2D eigenvalue weighted by Crippen LogP contribution is -2.18. The van der Waals surface area contributed by atoms with E-state index in [0.717, 1.165) is 39.4 Å². The molecule has 4 aromatic rings. The summed E-state index contributed by atoms with van der Waals surface area (Å²) in [6, 6.07) is 5.98. The highest BCUT2D eigenvalue weighted by atomic mass is 32.1. The Hall–Kier alpha value is -2.32. The maximum absolute atomic E-state index is 4.77. The molecule has 0 amide bonds. The predicted octanol–water partition coefficient (Wildman–Crippen LogP) is 2.40. The molecule has 4 aromatic heterocycles. The first-order valence-corrected chi connectivity index (χ1v) is 8.99. The zero-order valence-corrected chi connectivity index (χ0v) is 14.2. The van der Waals surface area contributed by atoms with E-state index in [0.29, 0.717) is 0 Å². The maximum Gasteiger partial charge on any atom is 0.235 e. The van der Waals surface area contributed by atoms with Gasteiger partial charge in [-0.3, -0.25) is 9.30 Å². The lowest BCUT2D eigenvalue weighted by Gasteiger charge is -2.10. The van der Waals surface area contributed by atoms with Crippen molar-refractivity contribution in [2.75, 3.05) is 13.1 Å². The van der Waals surface area contributed by atoms with Crippen molar-refractivity contribution in [2.45, 2.75) is 26.3 Å². The second-order valence-corrected chi connectivity index (χ2v) is 7.21. The molecule has 0 spiro atoms. The molecule has 0 bridgehead atoms. The van der Waals surface area contributed by atoms with E-state index >= 15 is 0 Å². The van der Waals surface area contributed by atoms with E-state index in [4.69, 9.17) is 5.10 Å². The van der Waals surface area contributed by atoms with Crippen LogP contribution in [0, 0.1) is 6.92 Å². The number of likely N-dealkylation sites (tertiary alicyclic amines) is 1. The lowest BCUT2D eigenvalue weighted by atomic mass is 10.3. The van der Waals surface area contributed by atoms with Crippen LogP contribution in [0.2, 0.25) is 0 Å². The third-order valence-electron chi connectivity index (χ3n) is 4.51. The molecule has 1 saturated heterocycles. The largest absolute Gasteiger partial charge is 0.297 e. The van der Waals surface area contributed by atoms with Crippen molar-refractivity contribution in [2.24, 2.45) is 0 Å². The number of nitrogens with zero attached hydrogens (tertiary/aromatic N) is 7. The molecule has 0 aliphatic carbocycles. The molecular weight excluding hydrogens is 322 g/mol. The molecular formula is C16H17N7S. The number of fused-ring (bicyclic) bond motifs is 2. The van der Waals surface area contributed by atoms with Crippen LogP contribution in [0.5, 0.6) is 0 Å². The zero-order chi connectivity index (χ0) is 16.1. The number of hydrogen-bond donors (Lipinski definition) is 0. The summed E-state index contributed by atoms with van der Waals surface area (Å²) in [5, 5.41) is 14.6. The van der Waals surface area contributed by atoms with E-state index in [2.05, 4.69) is 20.1 Å². The molecule has 1 aliphatic rings. The second kappa shape index (κ2) is 5.35. The van der Waals surface area contributed by atoms with E-state index in [1.54, 1.807) is 11.3 Å². The molecule has 5 rings (SSSR count). The highest BCUT2D eigenvalue weighted by molar-refractivity contribution is 7.16. The summed E-state index contributed by atoms with van der Waals surface area (Å²) < 4.78 is 3.91. The molecule has 24 heavy (non-hydrogen) atoms. The standard InChI is InChI=1S/C16H17N7S/c1-11-14(22-9-3-2-6-12(22)17-11)15-18-19-16-23(15)20-13(24-16)10-21-7-4-5-8-21/h2-3,6,9H,4-5,7-8,10H2,1H3. The number of rotatable bonds is 3. The van der Waals surface area contributed by atoms with Crippen molar-refractivity contribution < 1.29 is 0 Å². The predicted molar refractivity (Wildman–Crippen MR) is 92.1 cm³/mol. The van der Waals surface area contributed by atoms with Crippen LogP contribution in [-0.4, -0.2) is 47.2 Å². The van der Waals surface area contributed by atoms with Crippen molar-refractivity contribution in [3.05, 3.63) is 35.1 Å². The number of aryl methyl sites for hydroxylation is 1. The van der Waals surface area contributed by atoms with Gasteiger partial charge in [-0.25, -0.2) is 4.98 Å². The zero-order valence-electron chi connectivity index (χ0n) is 13.4. The third-order valence-corrected chi connectivity index (χ3v) is 5.39. The Bertz CT molecular complexity index is 1020. The number of pyridine rings is 1. The van der Waals surface area contributed by atoms with Crippen LogP contribution in [0.15, 0.2) is 24.4 Å². The van der Waals surface area contributed by atoms with Gasteiger partial charge in [-0.1, -0.05) is 17.4 Å². The Morgan fingerprint density at radius 1 is 1.17 bits per heavy atom. The summed E-state index contributed by atoms with van der Waals surface area (Å²) in [6.45, 7) is 5.24. The van der Waals surface area contributed by atoms with E-state index in [1.165, 1.54) is 25.9 Å². The van der Waals surface area contributed by atoms with Crippen molar-refractivity contribution in [1.29, 1.82) is 0 Å². The van der Waals surface area contributed by atoms with Gasteiger partial charge in [-0.15, -0.1) is 10.2 Å². The first-order chi connectivity index (χ1) is 11.8. The van der Waals surface area contributed by atoms with Crippen LogP contribution < -0.4 is 0 Å². The van der Waals surface area contributed by atoms with Crippen molar-refractivity contribution >= 4 is 21.9 Å². The smallest absolute Gasteiger partial charge is 0.235 e. The van der Waals surface area contributed by atoms with Gasteiger partial charge in [0.2, 0.25) is 10.8 Å². The molecule has 1 fully saturated rings. The molecule has 0 atom stereocenters. The van der Waals surface area contributed by atoms with Crippen molar-refractivity contribution in [3.8, 4) is 11.5 Å². The molecule has 0 saturated carbocycles. The monoisotopic (exact) mass is 339 g/mol. The van der Waals surface area contributed by atoms with Gasteiger partial charge in [0, 0.05) is 6.20 Å². The maximum atomic E-state index is 4.77. The van der Waals surface area contributed by atoms with Gasteiger partial charge >= 0.3 is 0 Å². The number of imidazole rings is 1. The van der Waals surface area contributed by atoms with Gasteiger partial charge in [-0.05, 0) is 45.0 Å². The van der Waals surface area contributed by atoms with E-state index < -0.39 is 0 Å². The minimum atomic E-state index is 0.755. The van der Waals surface area contributed by atoms with Gasteiger partial charge in [0.25, 0.3) is 0 Å². The average Bonchev–Trinajstić information content (AvgIpc) is 3.31. The van der Waals surface area contributed by atoms with Gasteiger partial charge in [0.1, 0.15) is 16.3 Å². The Kier molecular flexibility index (Phi) is 3.14. The normalized spacial score (nSPS) is 15.9. The Labute approximate surface area is 142 Å². The van der Waals surface area contributed by atoms with Crippen LogP contribution >= 0.6 is 11.3 Å². The minimum Gasteiger partial charge on any atom is -0.297 e. The SMILES string of the molecule is Cc1nc2ccccn2c1-c1nnc2sc(CN3CCCC3)nn12. The quantitative estimate of drug-likeness (QED) is 0.573. The van der Waals surface area contributed by atoms with E-state index in [1.807, 2.05) is 40.2 Å². The molecule has 8 heteroatoms. The molecule has 0 aromatic carbocycles. The van der Waals surface area contributed by atoms with Crippen LogP contribution in [0.1, 0.15) is 23.5 Å². The number of hydrogen-bond acceptors (Lipinski definition) is 6. The summed E-state index contributed by atoms with van der Waals surface area (Å²) in [6.07, 6.45) is 4.58. The van der Waals surface area contributed by atoms with Crippen molar-refractivity contribution in [3.63, 3.8) is 0 Å². The fourth-order valence-electron chi connectivity index (χ4n) is 3.38. The van der Waals surface area contributed by atoms with Gasteiger partial charge in [0.15, 0.2) is 0 Å². The number of aromatic nitrogens is 6. The van der Waals surface area contributed by atoms with Crippen LogP contribution in [0.25, 0.3) is 22.1 Å². The topological polar surface area (TPSA) is 63.6 Å². The van der Waals surface area contributed by atoms with Crippen LogP contribution in [-0.2, 0) is 6.54 Å². The van der Waals surface area contributed by atoms with Gasteiger partial charge in [-0.2, -0.15) is 9.61 Å². The Balaban J connectivity index is 1.61. The summed E-state index contributed by atoms with van der Waals surface area (Å²) in [5.74, 6) is 0.755. The van der Waals surface area contributed by atoms with Gasteiger partial charge in [0.05, 0.1) is 12.2 Å². The summed E-state index contributed by atoms with van der Waals surface area (Å²) in [7, 11) is 0. The molecule has 122 valence electrons. The summed E-state index contributed by atoms with van der Waals surface area (Å²) in [4.78, 5) is 7.90. The molecule has 7 nitrogen and oxygen atoms in total. The highest BCUT2D eigenvalue weighted by Crippen LogP contribution is 2.26. The molecule has 0 radical (unpaired) electrons. The first kappa shape index (κ1) is 14.1. The highest BCUT2D eigenvalue weighted by Gasteiger charge is 2.21. The van der Waals surface area contributed by atoms with Crippen LogP contribution in [0.3, 0.4) is 0 Å². The average molecular weight is 339 g/mol. The second-order valence-electron chi connectivity index (χ2n) is 6.17. The molecule has 0 N–H and O–H groups in total. The third kappa shape index (κ3) is 2.14.